The van der Waals surface area contributed by atoms with Crippen molar-refractivity contribution in [3.8, 4) is 0 Å². The second kappa shape index (κ2) is 9.96. The van der Waals surface area contributed by atoms with Crippen LogP contribution in [0.5, 0.6) is 0 Å². The SMILES string of the molecule is CCCc1nc(C(=O)N2CCC(N3CCN(C)CC3)C(CCCO)C2)cs1. The van der Waals surface area contributed by atoms with Gasteiger partial charge in [-0.3, -0.25) is 9.69 Å². The van der Waals surface area contributed by atoms with E-state index < -0.39 is 0 Å². The van der Waals surface area contributed by atoms with Crippen molar-refractivity contribution in [3.05, 3.63) is 16.1 Å². The number of likely N-dealkylation sites (N-methyl/N-ethyl adjacent to an activating group) is 1. The fourth-order valence-electron chi connectivity index (χ4n) is 4.38. The monoisotopic (exact) mass is 394 g/mol. The molecule has 0 bridgehead atoms. The Balaban J connectivity index is 1.64. The van der Waals surface area contributed by atoms with Crippen molar-refractivity contribution in [2.75, 3.05) is 52.9 Å². The van der Waals surface area contributed by atoms with Crippen molar-refractivity contribution < 1.29 is 9.90 Å². The molecule has 3 rings (SSSR count). The molecule has 27 heavy (non-hydrogen) atoms. The number of likely N-dealkylation sites (tertiary alicyclic amines) is 1. The second-order valence-corrected chi connectivity index (χ2v) is 8.89. The smallest absolute Gasteiger partial charge is 0.273 e. The summed E-state index contributed by atoms with van der Waals surface area (Å²) in [5.74, 6) is 0.520. The van der Waals surface area contributed by atoms with Crippen LogP contribution in [0, 0.1) is 5.92 Å². The number of amides is 1. The van der Waals surface area contributed by atoms with Crippen molar-refractivity contribution in [1.82, 2.24) is 19.7 Å². The largest absolute Gasteiger partial charge is 0.396 e. The number of rotatable bonds is 7. The molecule has 2 saturated heterocycles. The number of piperidine rings is 1. The van der Waals surface area contributed by atoms with Crippen molar-refractivity contribution in [3.63, 3.8) is 0 Å². The molecule has 0 spiro atoms. The average molecular weight is 395 g/mol. The lowest BCUT2D eigenvalue weighted by atomic mass is 9.86. The van der Waals surface area contributed by atoms with E-state index in [0.29, 0.717) is 17.7 Å². The van der Waals surface area contributed by atoms with Gasteiger partial charge < -0.3 is 14.9 Å². The molecule has 0 aromatic carbocycles. The zero-order valence-electron chi connectivity index (χ0n) is 16.8. The number of thiazole rings is 1. The van der Waals surface area contributed by atoms with Gasteiger partial charge in [-0.25, -0.2) is 4.98 Å². The summed E-state index contributed by atoms with van der Waals surface area (Å²) < 4.78 is 0. The normalized spacial score (nSPS) is 25.1. The van der Waals surface area contributed by atoms with Gasteiger partial charge in [0.05, 0.1) is 5.01 Å². The summed E-state index contributed by atoms with van der Waals surface area (Å²) in [4.78, 5) is 24.5. The molecular weight excluding hydrogens is 360 g/mol. The molecule has 2 unspecified atom stereocenters. The minimum Gasteiger partial charge on any atom is -0.396 e. The molecule has 0 radical (unpaired) electrons. The Kier molecular flexibility index (Phi) is 7.64. The third-order valence-electron chi connectivity index (χ3n) is 5.96. The van der Waals surface area contributed by atoms with Crippen molar-refractivity contribution in [2.24, 2.45) is 5.92 Å². The second-order valence-electron chi connectivity index (χ2n) is 7.95. The number of aryl methyl sites for hydroxylation is 1. The predicted octanol–water partition coefficient (Wildman–Crippen LogP) is 1.95. The topological polar surface area (TPSA) is 59.9 Å². The fourth-order valence-corrected chi connectivity index (χ4v) is 5.25. The molecule has 1 aromatic heterocycles. The van der Waals surface area contributed by atoms with Crippen LogP contribution in [0.3, 0.4) is 0 Å². The van der Waals surface area contributed by atoms with Crippen LogP contribution in [0.25, 0.3) is 0 Å². The zero-order valence-corrected chi connectivity index (χ0v) is 17.6. The highest BCUT2D eigenvalue weighted by molar-refractivity contribution is 7.09. The van der Waals surface area contributed by atoms with Gasteiger partial charge in [0.1, 0.15) is 5.69 Å². The molecule has 2 fully saturated rings. The first kappa shape index (κ1) is 20.7. The highest BCUT2D eigenvalue weighted by Crippen LogP contribution is 2.28. The molecule has 7 heteroatoms. The van der Waals surface area contributed by atoms with E-state index in [0.717, 1.165) is 76.4 Å². The number of aromatic nitrogens is 1. The van der Waals surface area contributed by atoms with Gasteiger partial charge >= 0.3 is 0 Å². The first-order chi connectivity index (χ1) is 13.1. The molecule has 2 aliphatic heterocycles. The van der Waals surface area contributed by atoms with E-state index in [2.05, 4.69) is 28.8 Å². The van der Waals surface area contributed by atoms with E-state index in [9.17, 15) is 9.90 Å². The fraction of sp³-hybridized carbons (Fsp3) is 0.800. The lowest BCUT2D eigenvalue weighted by molar-refractivity contribution is 0.0215. The van der Waals surface area contributed by atoms with Crippen LogP contribution >= 0.6 is 11.3 Å². The van der Waals surface area contributed by atoms with Crippen LogP contribution in [0.4, 0.5) is 0 Å². The first-order valence-electron chi connectivity index (χ1n) is 10.4. The van der Waals surface area contributed by atoms with E-state index in [1.807, 2.05) is 10.3 Å². The molecule has 2 aliphatic rings. The quantitative estimate of drug-likeness (QED) is 0.766. The van der Waals surface area contributed by atoms with E-state index in [-0.39, 0.29) is 12.5 Å². The summed E-state index contributed by atoms with van der Waals surface area (Å²) in [6.45, 7) is 8.41. The molecule has 3 heterocycles. The van der Waals surface area contributed by atoms with E-state index >= 15 is 0 Å². The summed E-state index contributed by atoms with van der Waals surface area (Å²) in [6, 6.07) is 0.528. The van der Waals surface area contributed by atoms with E-state index in [4.69, 9.17) is 0 Å². The number of aliphatic hydroxyl groups excluding tert-OH is 1. The summed E-state index contributed by atoms with van der Waals surface area (Å²) in [7, 11) is 2.18. The molecule has 1 N–H and O–H groups in total. The van der Waals surface area contributed by atoms with E-state index in [1.165, 1.54) is 0 Å². The van der Waals surface area contributed by atoms with Gasteiger partial charge in [-0.05, 0) is 45.1 Å². The Hall–Kier alpha value is -1.02. The summed E-state index contributed by atoms with van der Waals surface area (Å²) in [5, 5.41) is 12.3. The maximum Gasteiger partial charge on any atom is 0.273 e. The van der Waals surface area contributed by atoms with Gasteiger partial charge in [0.15, 0.2) is 0 Å². The standard InChI is InChI=1S/C20H34N4O2S/c1-3-5-19-21-17(15-27-19)20(26)24-8-7-18(16(14-24)6-4-13-25)23-11-9-22(2)10-12-23/h15-16,18,25H,3-14H2,1-2H3. The van der Waals surface area contributed by atoms with Gasteiger partial charge in [-0.2, -0.15) is 0 Å². The van der Waals surface area contributed by atoms with Crippen molar-refractivity contribution in [1.29, 1.82) is 0 Å². The number of hydrogen-bond donors (Lipinski definition) is 1. The third-order valence-corrected chi connectivity index (χ3v) is 6.86. The maximum atomic E-state index is 13.0. The van der Waals surface area contributed by atoms with Crippen molar-refractivity contribution >= 4 is 17.2 Å². The van der Waals surface area contributed by atoms with Gasteiger partial charge in [-0.1, -0.05) is 6.92 Å². The molecule has 2 atom stereocenters. The predicted molar refractivity (Wildman–Crippen MR) is 109 cm³/mol. The lowest BCUT2D eigenvalue weighted by Gasteiger charge is -2.46. The highest BCUT2D eigenvalue weighted by atomic mass is 32.1. The zero-order chi connectivity index (χ0) is 19.2. The Morgan fingerprint density at radius 2 is 2.07 bits per heavy atom. The molecule has 1 amide bonds. The molecule has 0 aliphatic carbocycles. The number of nitrogens with zero attached hydrogens (tertiary/aromatic N) is 4. The molecule has 152 valence electrons. The number of carbonyl (C=O) groups is 1. The minimum atomic E-state index is 0.0828. The average Bonchev–Trinajstić information content (AvgIpc) is 3.15. The Morgan fingerprint density at radius 1 is 1.30 bits per heavy atom. The highest BCUT2D eigenvalue weighted by Gasteiger charge is 2.36. The minimum absolute atomic E-state index is 0.0828. The number of carbonyl (C=O) groups excluding carboxylic acids is 1. The molecular formula is C20H34N4O2S. The Morgan fingerprint density at radius 3 is 2.78 bits per heavy atom. The lowest BCUT2D eigenvalue weighted by Crippen LogP contribution is -2.57. The van der Waals surface area contributed by atoms with Crippen LogP contribution < -0.4 is 0 Å². The maximum absolute atomic E-state index is 13.0. The summed E-state index contributed by atoms with van der Waals surface area (Å²) in [5.41, 5.74) is 0.613. The van der Waals surface area contributed by atoms with Gasteiger partial charge in [0.2, 0.25) is 0 Å². The third kappa shape index (κ3) is 5.28. The summed E-state index contributed by atoms with van der Waals surface area (Å²) >= 11 is 1.60. The Bertz CT molecular complexity index is 601. The van der Waals surface area contributed by atoms with Crippen LogP contribution in [-0.2, 0) is 6.42 Å². The van der Waals surface area contributed by atoms with E-state index in [1.54, 1.807) is 11.3 Å². The first-order valence-corrected chi connectivity index (χ1v) is 11.3. The van der Waals surface area contributed by atoms with Crippen molar-refractivity contribution in [2.45, 2.75) is 45.1 Å². The van der Waals surface area contributed by atoms with Gasteiger partial charge in [0.25, 0.3) is 5.91 Å². The Labute approximate surface area is 167 Å². The number of piperazine rings is 1. The molecule has 0 saturated carbocycles. The van der Waals surface area contributed by atoms with Crippen LogP contribution in [-0.4, -0.2) is 89.7 Å². The van der Waals surface area contributed by atoms with Crippen LogP contribution in [0.15, 0.2) is 5.38 Å². The molecule has 1 aromatic rings. The molecule has 6 nitrogen and oxygen atoms in total. The van der Waals surface area contributed by atoms with Gasteiger partial charge in [0, 0.05) is 57.3 Å². The number of hydrogen-bond acceptors (Lipinski definition) is 6. The van der Waals surface area contributed by atoms with Crippen LogP contribution in [0.1, 0.15) is 48.1 Å². The summed E-state index contributed by atoms with van der Waals surface area (Å²) in [6.07, 6.45) is 4.82. The number of aliphatic hydroxyl groups is 1. The van der Waals surface area contributed by atoms with Gasteiger partial charge in [-0.15, -0.1) is 11.3 Å². The van der Waals surface area contributed by atoms with Crippen LogP contribution in [0.2, 0.25) is 0 Å².